The minimum atomic E-state index is -3.53. The summed E-state index contributed by atoms with van der Waals surface area (Å²) in [6, 6.07) is 11.9. The molecule has 25 heavy (non-hydrogen) atoms. The Bertz CT molecular complexity index is 886. The minimum absolute atomic E-state index is 0.186. The highest BCUT2D eigenvalue weighted by Gasteiger charge is 2.44. The van der Waals surface area contributed by atoms with Crippen molar-refractivity contribution in [3.05, 3.63) is 65.0 Å². The lowest BCUT2D eigenvalue weighted by Crippen LogP contribution is -2.32. The van der Waals surface area contributed by atoms with Crippen molar-refractivity contribution in [3.8, 4) is 0 Å². The van der Waals surface area contributed by atoms with E-state index in [0.29, 0.717) is 11.4 Å². The molecule has 1 N–H and O–H groups in total. The smallest absolute Gasteiger partial charge is 0.210 e. The van der Waals surface area contributed by atoms with Crippen molar-refractivity contribution >= 4 is 10.0 Å². The molecule has 0 unspecified atom stereocenters. The van der Waals surface area contributed by atoms with Crippen molar-refractivity contribution in [2.24, 2.45) is 0 Å². The van der Waals surface area contributed by atoms with Gasteiger partial charge in [-0.1, -0.05) is 18.2 Å². The van der Waals surface area contributed by atoms with Crippen LogP contribution in [0.4, 0.5) is 4.39 Å². The van der Waals surface area contributed by atoms with Gasteiger partial charge in [0.05, 0.1) is 4.90 Å². The lowest BCUT2D eigenvalue weighted by atomic mass is 9.92. The summed E-state index contributed by atoms with van der Waals surface area (Å²) in [7, 11) is -3.53. The van der Waals surface area contributed by atoms with Crippen LogP contribution >= 0.6 is 0 Å². The highest BCUT2D eigenvalue weighted by Crippen LogP contribution is 2.47. The second-order valence-corrected chi connectivity index (χ2v) is 9.02. The molecule has 0 bridgehead atoms. The first-order chi connectivity index (χ1) is 12.0. The standard InChI is InChI=1S/C20H22FNO2S/c21-18-8-6-17(7-9-18)20(11-12-20)14-22-25(23,24)19-10-5-15-3-1-2-4-16(15)13-19/h5-10,13,22H,1-4,11-12,14H2. The van der Waals surface area contributed by atoms with Gasteiger partial charge in [0, 0.05) is 12.0 Å². The molecule has 0 aliphatic heterocycles. The van der Waals surface area contributed by atoms with Gasteiger partial charge >= 0.3 is 0 Å². The molecule has 4 rings (SSSR count). The van der Waals surface area contributed by atoms with Gasteiger partial charge in [-0.2, -0.15) is 0 Å². The van der Waals surface area contributed by atoms with Gasteiger partial charge in [-0.05, 0) is 79.5 Å². The van der Waals surface area contributed by atoms with Crippen LogP contribution in [-0.2, 0) is 28.3 Å². The number of halogens is 1. The average molecular weight is 359 g/mol. The molecule has 0 atom stereocenters. The molecule has 3 nitrogen and oxygen atoms in total. The van der Waals surface area contributed by atoms with E-state index in [1.54, 1.807) is 18.2 Å². The summed E-state index contributed by atoms with van der Waals surface area (Å²) < 4.78 is 41.3. The van der Waals surface area contributed by atoms with E-state index in [1.807, 2.05) is 12.1 Å². The summed E-state index contributed by atoms with van der Waals surface area (Å²) in [4.78, 5) is 0.350. The molecule has 2 aromatic rings. The van der Waals surface area contributed by atoms with Gasteiger partial charge in [0.25, 0.3) is 0 Å². The predicted octanol–water partition coefficient (Wildman–Crippen LogP) is 3.71. The number of fused-ring (bicyclic) bond motifs is 1. The van der Waals surface area contributed by atoms with Crippen LogP contribution in [0, 0.1) is 5.82 Å². The maximum absolute atomic E-state index is 13.1. The molecule has 0 saturated heterocycles. The Morgan fingerprint density at radius 1 is 0.960 bits per heavy atom. The van der Waals surface area contributed by atoms with Crippen molar-refractivity contribution in [3.63, 3.8) is 0 Å². The van der Waals surface area contributed by atoms with Crippen LogP contribution in [-0.4, -0.2) is 15.0 Å². The van der Waals surface area contributed by atoms with Crippen molar-refractivity contribution in [2.45, 2.75) is 48.8 Å². The van der Waals surface area contributed by atoms with Crippen LogP contribution in [0.3, 0.4) is 0 Å². The number of benzene rings is 2. The normalized spacial score (nSPS) is 18.6. The molecule has 2 aliphatic carbocycles. The summed E-state index contributed by atoms with van der Waals surface area (Å²) in [6.45, 7) is 0.359. The molecule has 5 heteroatoms. The van der Waals surface area contributed by atoms with Crippen molar-refractivity contribution in [1.82, 2.24) is 4.72 Å². The summed E-state index contributed by atoms with van der Waals surface area (Å²) in [6.07, 6.45) is 6.14. The fourth-order valence-electron chi connectivity index (χ4n) is 3.72. The zero-order chi connectivity index (χ0) is 17.5. The third-order valence-corrected chi connectivity index (χ3v) is 6.94. The summed E-state index contributed by atoms with van der Waals surface area (Å²) >= 11 is 0. The molecule has 0 spiro atoms. The third kappa shape index (κ3) is 3.35. The molecular formula is C20H22FNO2S. The second kappa shape index (κ2) is 6.22. The van der Waals surface area contributed by atoms with Gasteiger partial charge in [-0.25, -0.2) is 17.5 Å². The maximum Gasteiger partial charge on any atom is 0.240 e. The van der Waals surface area contributed by atoms with Crippen LogP contribution in [0.5, 0.6) is 0 Å². The van der Waals surface area contributed by atoms with Crippen molar-refractivity contribution < 1.29 is 12.8 Å². The largest absolute Gasteiger partial charge is 0.240 e. The molecule has 2 aliphatic rings. The predicted molar refractivity (Wildman–Crippen MR) is 95.6 cm³/mol. The summed E-state index contributed by atoms with van der Waals surface area (Å²) in [5, 5.41) is 0. The molecule has 1 saturated carbocycles. The molecule has 0 heterocycles. The van der Waals surface area contributed by atoms with Gasteiger partial charge in [-0.15, -0.1) is 0 Å². The lowest BCUT2D eigenvalue weighted by molar-refractivity contribution is 0.565. The minimum Gasteiger partial charge on any atom is -0.210 e. The Morgan fingerprint density at radius 3 is 2.32 bits per heavy atom. The van der Waals surface area contributed by atoms with Crippen LogP contribution in [0.2, 0.25) is 0 Å². The van der Waals surface area contributed by atoms with E-state index in [-0.39, 0.29) is 11.2 Å². The highest BCUT2D eigenvalue weighted by atomic mass is 32.2. The number of rotatable bonds is 5. The van der Waals surface area contributed by atoms with Gasteiger partial charge in [0.1, 0.15) is 5.82 Å². The quantitative estimate of drug-likeness (QED) is 0.884. The van der Waals surface area contributed by atoms with E-state index in [4.69, 9.17) is 0 Å². The first-order valence-corrected chi connectivity index (χ1v) is 10.3. The van der Waals surface area contributed by atoms with E-state index in [0.717, 1.165) is 43.2 Å². The Morgan fingerprint density at radius 2 is 1.64 bits per heavy atom. The van der Waals surface area contributed by atoms with Crippen LogP contribution in [0.25, 0.3) is 0 Å². The number of hydrogen-bond donors (Lipinski definition) is 1. The molecule has 0 amide bonds. The van der Waals surface area contributed by atoms with Gasteiger partial charge < -0.3 is 0 Å². The van der Waals surface area contributed by atoms with Gasteiger partial charge in [0.2, 0.25) is 10.0 Å². The number of aryl methyl sites for hydroxylation is 2. The summed E-state index contributed by atoms with van der Waals surface area (Å²) in [5.41, 5.74) is 3.25. The van der Waals surface area contributed by atoms with E-state index < -0.39 is 10.0 Å². The molecule has 0 radical (unpaired) electrons. The van der Waals surface area contributed by atoms with E-state index in [9.17, 15) is 12.8 Å². The molecule has 1 fully saturated rings. The van der Waals surface area contributed by atoms with Crippen LogP contribution in [0.15, 0.2) is 47.4 Å². The van der Waals surface area contributed by atoms with Crippen molar-refractivity contribution in [2.75, 3.05) is 6.54 Å². The van der Waals surface area contributed by atoms with Crippen LogP contribution in [0.1, 0.15) is 42.4 Å². The molecular weight excluding hydrogens is 337 g/mol. The molecule has 132 valence electrons. The maximum atomic E-state index is 13.1. The lowest BCUT2D eigenvalue weighted by Gasteiger charge is -2.19. The first-order valence-electron chi connectivity index (χ1n) is 8.86. The Labute approximate surface area is 148 Å². The highest BCUT2D eigenvalue weighted by molar-refractivity contribution is 7.89. The van der Waals surface area contributed by atoms with Crippen molar-refractivity contribution in [1.29, 1.82) is 0 Å². The zero-order valence-electron chi connectivity index (χ0n) is 14.1. The van der Waals surface area contributed by atoms with E-state index in [1.165, 1.54) is 24.1 Å². The molecule has 2 aromatic carbocycles. The van der Waals surface area contributed by atoms with Gasteiger partial charge in [-0.3, -0.25) is 0 Å². The number of nitrogens with one attached hydrogen (secondary N) is 1. The molecule has 0 aromatic heterocycles. The Balaban J connectivity index is 1.51. The fraction of sp³-hybridized carbons (Fsp3) is 0.400. The zero-order valence-corrected chi connectivity index (χ0v) is 14.9. The van der Waals surface area contributed by atoms with E-state index >= 15 is 0 Å². The Kier molecular flexibility index (Phi) is 4.16. The second-order valence-electron chi connectivity index (χ2n) is 7.25. The SMILES string of the molecule is O=S(=O)(NCC1(c2ccc(F)cc2)CC1)c1ccc2c(c1)CCCC2. The topological polar surface area (TPSA) is 46.2 Å². The van der Waals surface area contributed by atoms with Crippen LogP contribution < -0.4 is 4.72 Å². The fourth-order valence-corrected chi connectivity index (χ4v) is 4.89. The number of sulfonamides is 1. The average Bonchev–Trinajstić information content (AvgIpc) is 3.41. The third-order valence-electron chi connectivity index (χ3n) is 5.54. The summed E-state index contributed by atoms with van der Waals surface area (Å²) in [5.74, 6) is -0.269. The first kappa shape index (κ1) is 16.7. The monoisotopic (exact) mass is 359 g/mol. The van der Waals surface area contributed by atoms with Gasteiger partial charge in [0.15, 0.2) is 0 Å². The number of hydrogen-bond acceptors (Lipinski definition) is 2. The Hall–Kier alpha value is -1.72. The van der Waals surface area contributed by atoms with E-state index in [2.05, 4.69) is 4.72 Å².